The number of para-hydroxylation sites is 1. The van der Waals surface area contributed by atoms with Crippen molar-refractivity contribution in [2.75, 3.05) is 6.61 Å². The Labute approximate surface area is 115 Å². The highest BCUT2D eigenvalue weighted by Crippen LogP contribution is 2.30. The molecule has 0 spiro atoms. The van der Waals surface area contributed by atoms with Crippen LogP contribution in [-0.4, -0.2) is 6.61 Å². The average molecular weight is 255 g/mol. The van der Waals surface area contributed by atoms with Gasteiger partial charge in [0.1, 0.15) is 5.75 Å². The third kappa shape index (κ3) is 2.79. The Hall–Kier alpha value is -1.80. The minimum Gasteiger partial charge on any atom is -0.494 e. The second-order valence-corrected chi connectivity index (χ2v) is 4.74. The fraction of sp³-hybridized carbons (Fsp3) is 0.294. The number of rotatable bonds is 4. The number of ether oxygens (including phenoxy) is 1. The molecule has 0 bridgehead atoms. The Morgan fingerprint density at radius 1 is 1.00 bits per heavy atom. The lowest BCUT2D eigenvalue weighted by Crippen LogP contribution is -2.15. The van der Waals surface area contributed by atoms with Gasteiger partial charge in [-0.25, -0.2) is 0 Å². The van der Waals surface area contributed by atoms with Crippen molar-refractivity contribution >= 4 is 0 Å². The Bertz CT molecular complexity index is 563. The molecule has 0 amide bonds. The Kier molecular flexibility index (Phi) is 4.23. The van der Waals surface area contributed by atoms with Gasteiger partial charge in [-0.3, -0.25) is 0 Å². The predicted octanol–water partition coefficient (Wildman–Crippen LogP) is 3.75. The van der Waals surface area contributed by atoms with E-state index < -0.39 is 0 Å². The summed E-state index contributed by atoms with van der Waals surface area (Å²) in [5.74, 6) is 0.874. The van der Waals surface area contributed by atoms with Gasteiger partial charge in [-0.05, 0) is 43.5 Å². The lowest BCUT2D eigenvalue weighted by molar-refractivity contribution is 0.335. The van der Waals surface area contributed by atoms with Gasteiger partial charge in [0.05, 0.1) is 12.6 Å². The van der Waals surface area contributed by atoms with Gasteiger partial charge in [-0.1, -0.05) is 36.4 Å². The van der Waals surface area contributed by atoms with E-state index in [1.807, 2.05) is 31.2 Å². The van der Waals surface area contributed by atoms with Crippen LogP contribution in [0, 0.1) is 13.8 Å². The van der Waals surface area contributed by atoms with E-state index in [-0.39, 0.29) is 6.04 Å². The van der Waals surface area contributed by atoms with Crippen LogP contribution in [0.15, 0.2) is 42.5 Å². The van der Waals surface area contributed by atoms with Crippen LogP contribution in [0.2, 0.25) is 0 Å². The second kappa shape index (κ2) is 5.89. The quantitative estimate of drug-likeness (QED) is 0.903. The summed E-state index contributed by atoms with van der Waals surface area (Å²) in [6.45, 7) is 6.87. The summed E-state index contributed by atoms with van der Waals surface area (Å²) in [6, 6.07) is 14.1. The van der Waals surface area contributed by atoms with Crippen molar-refractivity contribution in [2.24, 2.45) is 5.73 Å². The molecule has 2 aromatic rings. The van der Waals surface area contributed by atoms with E-state index in [2.05, 4.69) is 32.0 Å². The Balaban J connectivity index is 2.44. The summed E-state index contributed by atoms with van der Waals surface area (Å²) >= 11 is 0. The molecule has 2 aromatic carbocycles. The maximum absolute atomic E-state index is 6.44. The standard InChI is InChI=1S/C17H21NO/c1-4-19-16-11-6-5-9-15(16)17(18)14-10-7-8-12(2)13(14)3/h5-11,17H,4,18H2,1-3H3. The molecule has 0 radical (unpaired) electrons. The third-order valence-electron chi connectivity index (χ3n) is 3.54. The van der Waals surface area contributed by atoms with Crippen LogP contribution in [0.25, 0.3) is 0 Å². The molecule has 0 aromatic heterocycles. The van der Waals surface area contributed by atoms with Gasteiger partial charge >= 0.3 is 0 Å². The predicted molar refractivity (Wildman–Crippen MR) is 79.6 cm³/mol. The highest BCUT2D eigenvalue weighted by Gasteiger charge is 2.16. The molecule has 0 heterocycles. The van der Waals surface area contributed by atoms with Crippen LogP contribution < -0.4 is 10.5 Å². The Morgan fingerprint density at radius 3 is 2.42 bits per heavy atom. The van der Waals surface area contributed by atoms with E-state index in [0.29, 0.717) is 6.61 Å². The van der Waals surface area contributed by atoms with Crippen molar-refractivity contribution in [3.63, 3.8) is 0 Å². The van der Waals surface area contributed by atoms with E-state index in [0.717, 1.165) is 16.9 Å². The number of hydrogen-bond donors (Lipinski definition) is 1. The molecule has 19 heavy (non-hydrogen) atoms. The van der Waals surface area contributed by atoms with Crippen LogP contribution in [0.5, 0.6) is 5.75 Å². The molecule has 0 saturated heterocycles. The van der Waals surface area contributed by atoms with Gasteiger partial charge in [-0.15, -0.1) is 0 Å². The number of aryl methyl sites for hydroxylation is 1. The largest absolute Gasteiger partial charge is 0.494 e. The van der Waals surface area contributed by atoms with Crippen molar-refractivity contribution in [1.29, 1.82) is 0 Å². The van der Waals surface area contributed by atoms with Crippen LogP contribution in [0.1, 0.15) is 35.2 Å². The van der Waals surface area contributed by atoms with Crippen molar-refractivity contribution < 1.29 is 4.74 Å². The van der Waals surface area contributed by atoms with Crippen molar-refractivity contribution in [3.8, 4) is 5.75 Å². The molecule has 2 rings (SSSR count). The third-order valence-corrected chi connectivity index (χ3v) is 3.54. The molecular formula is C17H21NO. The monoisotopic (exact) mass is 255 g/mol. The summed E-state index contributed by atoms with van der Waals surface area (Å²) in [5, 5.41) is 0. The highest BCUT2D eigenvalue weighted by molar-refractivity contribution is 5.45. The van der Waals surface area contributed by atoms with Crippen molar-refractivity contribution in [2.45, 2.75) is 26.8 Å². The first-order chi connectivity index (χ1) is 9.15. The summed E-state index contributed by atoms with van der Waals surface area (Å²) in [4.78, 5) is 0. The molecule has 2 nitrogen and oxygen atoms in total. The van der Waals surface area contributed by atoms with Crippen molar-refractivity contribution in [3.05, 3.63) is 64.7 Å². The topological polar surface area (TPSA) is 35.2 Å². The fourth-order valence-electron chi connectivity index (χ4n) is 2.30. The van der Waals surface area contributed by atoms with Gasteiger partial charge < -0.3 is 10.5 Å². The molecule has 0 aliphatic rings. The summed E-state index contributed by atoms with van der Waals surface area (Å²) in [6.07, 6.45) is 0. The van der Waals surface area contributed by atoms with E-state index in [1.54, 1.807) is 0 Å². The summed E-state index contributed by atoms with van der Waals surface area (Å²) < 4.78 is 5.67. The molecule has 1 unspecified atom stereocenters. The van der Waals surface area contributed by atoms with Gasteiger partial charge in [0.2, 0.25) is 0 Å². The molecule has 0 fully saturated rings. The second-order valence-electron chi connectivity index (χ2n) is 4.74. The minimum absolute atomic E-state index is 0.150. The van der Waals surface area contributed by atoms with E-state index in [4.69, 9.17) is 10.5 Å². The van der Waals surface area contributed by atoms with Crippen LogP contribution in [0.3, 0.4) is 0 Å². The SMILES string of the molecule is CCOc1ccccc1C(N)c1cccc(C)c1C. The molecular weight excluding hydrogens is 234 g/mol. The molecule has 0 aliphatic heterocycles. The molecule has 2 N–H and O–H groups in total. The number of nitrogens with two attached hydrogens (primary N) is 1. The zero-order valence-electron chi connectivity index (χ0n) is 11.8. The summed E-state index contributed by atoms with van der Waals surface area (Å²) in [7, 11) is 0. The Morgan fingerprint density at radius 2 is 1.68 bits per heavy atom. The lowest BCUT2D eigenvalue weighted by Gasteiger charge is -2.19. The van der Waals surface area contributed by atoms with E-state index in [1.165, 1.54) is 11.1 Å². The summed E-state index contributed by atoms with van der Waals surface area (Å²) in [5.41, 5.74) is 11.2. The fourth-order valence-corrected chi connectivity index (χ4v) is 2.30. The molecule has 0 aliphatic carbocycles. The van der Waals surface area contributed by atoms with Crippen LogP contribution in [-0.2, 0) is 0 Å². The number of hydrogen-bond acceptors (Lipinski definition) is 2. The first-order valence-corrected chi connectivity index (χ1v) is 6.68. The first-order valence-electron chi connectivity index (χ1n) is 6.68. The smallest absolute Gasteiger partial charge is 0.124 e. The molecule has 1 atom stereocenters. The van der Waals surface area contributed by atoms with Crippen LogP contribution >= 0.6 is 0 Å². The van der Waals surface area contributed by atoms with Crippen molar-refractivity contribution in [1.82, 2.24) is 0 Å². The maximum atomic E-state index is 6.44. The lowest BCUT2D eigenvalue weighted by atomic mass is 9.93. The molecule has 100 valence electrons. The molecule has 2 heteroatoms. The van der Waals surface area contributed by atoms with Crippen LogP contribution in [0.4, 0.5) is 0 Å². The average Bonchev–Trinajstić information content (AvgIpc) is 2.42. The normalized spacial score (nSPS) is 12.2. The minimum atomic E-state index is -0.150. The van der Waals surface area contributed by atoms with Gasteiger partial charge in [0.15, 0.2) is 0 Å². The zero-order valence-corrected chi connectivity index (χ0v) is 11.8. The maximum Gasteiger partial charge on any atom is 0.124 e. The highest BCUT2D eigenvalue weighted by atomic mass is 16.5. The number of benzene rings is 2. The van der Waals surface area contributed by atoms with E-state index >= 15 is 0 Å². The van der Waals surface area contributed by atoms with Gasteiger partial charge in [0.25, 0.3) is 0 Å². The van der Waals surface area contributed by atoms with Gasteiger partial charge in [-0.2, -0.15) is 0 Å². The zero-order chi connectivity index (χ0) is 13.8. The van der Waals surface area contributed by atoms with E-state index in [9.17, 15) is 0 Å². The molecule has 0 saturated carbocycles. The first kappa shape index (κ1) is 13.6. The van der Waals surface area contributed by atoms with Gasteiger partial charge in [0, 0.05) is 5.56 Å².